The Labute approximate surface area is 115 Å². The minimum atomic E-state index is -0.820. The van der Waals surface area contributed by atoms with Crippen LogP contribution in [0.1, 0.15) is 13.3 Å². The number of hydrazine groups is 1. The molecule has 0 bridgehead atoms. The molecule has 2 atom stereocenters. The van der Waals surface area contributed by atoms with E-state index in [9.17, 15) is 4.21 Å². The van der Waals surface area contributed by atoms with E-state index in [-0.39, 0.29) is 5.25 Å². The summed E-state index contributed by atoms with van der Waals surface area (Å²) in [4.78, 5) is 14.2. The normalized spacial score (nSPS) is 13.7. The molecule has 1 heterocycles. The quantitative estimate of drug-likeness (QED) is 0.467. The van der Waals surface area contributed by atoms with E-state index in [0.29, 0.717) is 24.4 Å². The first-order chi connectivity index (χ1) is 8.93. The van der Waals surface area contributed by atoms with Crippen LogP contribution < -0.4 is 21.5 Å². The molecule has 8 nitrogen and oxygen atoms in total. The van der Waals surface area contributed by atoms with Crippen molar-refractivity contribution in [1.29, 1.82) is 0 Å². The van der Waals surface area contributed by atoms with Crippen LogP contribution in [-0.4, -0.2) is 51.3 Å². The molecule has 1 rings (SSSR count). The average molecular weight is 287 g/mol. The summed E-state index contributed by atoms with van der Waals surface area (Å²) in [6, 6.07) is 0. The largest absolute Gasteiger partial charge is 0.354 e. The van der Waals surface area contributed by atoms with Crippen LogP contribution in [0.3, 0.4) is 0 Å². The molecule has 0 aliphatic rings. The molecular formula is C10H21N7OS. The van der Waals surface area contributed by atoms with Crippen molar-refractivity contribution in [3.05, 3.63) is 0 Å². The highest BCUT2D eigenvalue weighted by molar-refractivity contribution is 7.84. The van der Waals surface area contributed by atoms with Crippen molar-refractivity contribution in [2.24, 2.45) is 5.84 Å². The van der Waals surface area contributed by atoms with Crippen molar-refractivity contribution in [2.75, 3.05) is 42.5 Å². The predicted molar refractivity (Wildman–Crippen MR) is 78.6 cm³/mol. The maximum absolute atomic E-state index is 11.2. The molecule has 0 radical (unpaired) electrons. The van der Waals surface area contributed by atoms with E-state index in [1.165, 1.54) is 0 Å². The Morgan fingerprint density at radius 3 is 2.47 bits per heavy atom. The second kappa shape index (κ2) is 7.19. The number of hydrogen-bond acceptors (Lipinski definition) is 8. The molecule has 19 heavy (non-hydrogen) atoms. The fourth-order valence-electron chi connectivity index (χ4n) is 1.26. The van der Waals surface area contributed by atoms with Crippen molar-refractivity contribution in [2.45, 2.75) is 18.6 Å². The Balaban J connectivity index is 2.67. The molecular weight excluding hydrogens is 266 g/mol. The summed E-state index contributed by atoms with van der Waals surface area (Å²) in [7, 11) is 2.85. The monoisotopic (exact) mass is 287 g/mol. The third kappa shape index (κ3) is 4.95. The first-order valence-corrected chi connectivity index (χ1v) is 7.52. The van der Waals surface area contributed by atoms with Gasteiger partial charge >= 0.3 is 0 Å². The third-order valence-corrected chi connectivity index (χ3v) is 3.92. The van der Waals surface area contributed by atoms with Crippen molar-refractivity contribution < 1.29 is 4.21 Å². The summed E-state index contributed by atoms with van der Waals surface area (Å²) < 4.78 is 11.2. The van der Waals surface area contributed by atoms with Gasteiger partial charge < -0.3 is 10.2 Å². The van der Waals surface area contributed by atoms with Crippen molar-refractivity contribution >= 4 is 28.6 Å². The van der Waals surface area contributed by atoms with E-state index < -0.39 is 10.8 Å². The molecule has 4 N–H and O–H groups in total. The summed E-state index contributed by atoms with van der Waals surface area (Å²) in [5.41, 5.74) is 2.40. The number of nitrogens with one attached hydrogen (secondary N) is 2. The van der Waals surface area contributed by atoms with Crippen LogP contribution in [-0.2, 0) is 10.8 Å². The van der Waals surface area contributed by atoms with Gasteiger partial charge in [0.15, 0.2) is 0 Å². The molecule has 1 aromatic heterocycles. The standard InChI is InChI=1S/C10H21N7OS/c1-7(19(4)18)5-6-12-8-13-9(16-11)15-10(14-8)17(2)3/h7H,5-6,11H2,1-4H3,(H2,12,13,14,15,16). The zero-order valence-electron chi connectivity index (χ0n) is 11.7. The maximum Gasteiger partial charge on any atom is 0.243 e. The summed E-state index contributed by atoms with van der Waals surface area (Å²) >= 11 is 0. The second-order valence-electron chi connectivity index (χ2n) is 4.35. The lowest BCUT2D eigenvalue weighted by atomic mass is 10.3. The van der Waals surface area contributed by atoms with Gasteiger partial charge in [-0.15, -0.1) is 0 Å². The van der Waals surface area contributed by atoms with Crippen LogP contribution >= 0.6 is 0 Å². The van der Waals surface area contributed by atoms with Gasteiger partial charge in [0.2, 0.25) is 17.8 Å². The van der Waals surface area contributed by atoms with Gasteiger partial charge in [-0.25, -0.2) is 5.84 Å². The predicted octanol–water partition coefficient (Wildman–Crippen LogP) is -0.208. The molecule has 0 saturated heterocycles. The summed E-state index contributed by atoms with van der Waals surface area (Å²) in [6.45, 7) is 2.59. The fraction of sp³-hybridized carbons (Fsp3) is 0.700. The molecule has 1 aromatic rings. The van der Waals surface area contributed by atoms with Gasteiger partial charge in [0, 0.05) is 42.9 Å². The van der Waals surface area contributed by atoms with E-state index in [0.717, 1.165) is 6.42 Å². The van der Waals surface area contributed by atoms with Crippen LogP contribution in [0.2, 0.25) is 0 Å². The molecule has 0 spiro atoms. The maximum atomic E-state index is 11.2. The minimum Gasteiger partial charge on any atom is -0.354 e. The number of hydrogen-bond donors (Lipinski definition) is 3. The lowest BCUT2D eigenvalue weighted by molar-refractivity contribution is 0.672. The summed E-state index contributed by atoms with van der Waals surface area (Å²) in [5, 5.41) is 3.22. The number of aromatic nitrogens is 3. The number of nitrogens with two attached hydrogens (primary N) is 1. The Morgan fingerprint density at radius 1 is 1.32 bits per heavy atom. The van der Waals surface area contributed by atoms with E-state index in [1.807, 2.05) is 21.0 Å². The van der Waals surface area contributed by atoms with Crippen molar-refractivity contribution in [1.82, 2.24) is 15.0 Å². The van der Waals surface area contributed by atoms with Gasteiger partial charge in [0.25, 0.3) is 0 Å². The molecule has 0 saturated carbocycles. The van der Waals surface area contributed by atoms with Gasteiger partial charge in [-0.1, -0.05) is 6.92 Å². The number of rotatable bonds is 7. The second-order valence-corrected chi connectivity index (χ2v) is 6.15. The number of nitrogens with zero attached hydrogens (tertiary/aromatic N) is 4. The average Bonchev–Trinajstić information content (AvgIpc) is 2.37. The van der Waals surface area contributed by atoms with Gasteiger partial charge in [-0.2, -0.15) is 15.0 Å². The Kier molecular flexibility index (Phi) is 5.90. The van der Waals surface area contributed by atoms with Gasteiger partial charge in [-0.3, -0.25) is 9.63 Å². The zero-order chi connectivity index (χ0) is 14.4. The number of nitrogen functional groups attached to an aromatic ring is 1. The minimum absolute atomic E-state index is 0.134. The lowest BCUT2D eigenvalue weighted by Crippen LogP contribution is -2.20. The van der Waals surface area contributed by atoms with Gasteiger partial charge in [0.05, 0.1) is 0 Å². The molecule has 0 aromatic carbocycles. The van der Waals surface area contributed by atoms with E-state index in [2.05, 4.69) is 25.7 Å². The highest BCUT2D eigenvalue weighted by Crippen LogP contribution is 2.10. The molecule has 108 valence electrons. The summed E-state index contributed by atoms with van der Waals surface area (Å²) in [5.74, 6) is 6.57. The van der Waals surface area contributed by atoms with Crippen LogP contribution in [0.4, 0.5) is 17.8 Å². The molecule has 9 heteroatoms. The lowest BCUT2D eigenvalue weighted by Gasteiger charge is -2.13. The zero-order valence-corrected chi connectivity index (χ0v) is 12.5. The van der Waals surface area contributed by atoms with Crippen LogP contribution in [0.25, 0.3) is 0 Å². The van der Waals surface area contributed by atoms with Crippen molar-refractivity contribution in [3.63, 3.8) is 0 Å². The SMILES string of the molecule is CC(CCNc1nc(NN)nc(N(C)C)n1)S(C)=O. The third-order valence-electron chi connectivity index (χ3n) is 2.55. The van der Waals surface area contributed by atoms with Crippen LogP contribution in [0.5, 0.6) is 0 Å². The van der Waals surface area contributed by atoms with E-state index in [4.69, 9.17) is 5.84 Å². The fourth-order valence-corrected chi connectivity index (χ4v) is 1.71. The van der Waals surface area contributed by atoms with Gasteiger partial charge in [-0.05, 0) is 6.42 Å². The topological polar surface area (TPSA) is 109 Å². The van der Waals surface area contributed by atoms with Gasteiger partial charge in [0.1, 0.15) is 0 Å². The number of anilines is 3. The molecule has 2 unspecified atom stereocenters. The van der Waals surface area contributed by atoms with Crippen LogP contribution in [0.15, 0.2) is 0 Å². The van der Waals surface area contributed by atoms with Crippen molar-refractivity contribution in [3.8, 4) is 0 Å². The summed E-state index contributed by atoms with van der Waals surface area (Å²) in [6.07, 6.45) is 2.48. The Hall–Kier alpha value is -1.48. The highest BCUT2D eigenvalue weighted by Gasteiger charge is 2.09. The first-order valence-electron chi connectivity index (χ1n) is 5.90. The van der Waals surface area contributed by atoms with E-state index in [1.54, 1.807) is 11.2 Å². The van der Waals surface area contributed by atoms with E-state index >= 15 is 0 Å². The first kappa shape index (κ1) is 15.6. The molecule has 0 fully saturated rings. The molecule has 0 aliphatic heterocycles. The Bertz CT molecular complexity index is 440. The Morgan fingerprint density at radius 2 is 1.95 bits per heavy atom. The highest BCUT2D eigenvalue weighted by atomic mass is 32.2. The van der Waals surface area contributed by atoms with Crippen LogP contribution in [0, 0.1) is 0 Å². The molecule has 0 amide bonds. The molecule has 0 aliphatic carbocycles. The smallest absolute Gasteiger partial charge is 0.243 e.